The molecule has 0 spiro atoms. The van der Waals surface area contributed by atoms with Crippen LogP contribution in [0.15, 0.2) is 18.2 Å². The maximum Gasteiger partial charge on any atom is 0.140 e. The Morgan fingerprint density at radius 2 is 2.12 bits per heavy atom. The largest absolute Gasteiger partial charge is 0.390 e. The first-order chi connectivity index (χ1) is 7.60. The molecule has 1 rings (SSSR count). The van der Waals surface area contributed by atoms with Crippen molar-refractivity contribution in [2.24, 2.45) is 5.73 Å². The maximum atomic E-state index is 13.0. The van der Waals surface area contributed by atoms with Crippen molar-refractivity contribution < 1.29 is 14.6 Å². The SMILES string of the molecule is N#Cc1cc(C(O)C(O)CCN)ccc1F. The van der Waals surface area contributed by atoms with Gasteiger partial charge in [-0.3, -0.25) is 0 Å². The quantitative estimate of drug-likeness (QED) is 0.692. The van der Waals surface area contributed by atoms with Gasteiger partial charge in [-0.15, -0.1) is 0 Å². The zero-order valence-electron chi connectivity index (χ0n) is 8.60. The van der Waals surface area contributed by atoms with Crippen molar-refractivity contribution in [1.29, 1.82) is 5.26 Å². The number of aliphatic hydroxyl groups is 2. The molecule has 4 N–H and O–H groups in total. The number of halogens is 1. The van der Waals surface area contributed by atoms with Gasteiger partial charge in [0.2, 0.25) is 0 Å². The van der Waals surface area contributed by atoms with E-state index in [2.05, 4.69) is 0 Å². The molecule has 0 radical (unpaired) electrons. The lowest BCUT2D eigenvalue weighted by molar-refractivity contribution is 0.0150. The standard InChI is InChI=1S/C11H13FN2O2/c12-9-2-1-7(5-8(9)6-14)11(16)10(15)3-4-13/h1-2,5,10-11,15-16H,3-4,13H2. The minimum atomic E-state index is -1.16. The molecule has 0 aliphatic heterocycles. The molecular formula is C11H13FN2O2. The predicted octanol–water partition coefficient (Wildman–Crippen LogP) is 0.440. The van der Waals surface area contributed by atoms with Crippen molar-refractivity contribution in [2.45, 2.75) is 18.6 Å². The fourth-order valence-corrected chi connectivity index (χ4v) is 1.36. The van der Waals surface area contributed by atoms with Crippen LogP contribution in [-0.2, 0) is 0 Å². The van der Waals surface area contributed by atoms with Crippen LogP contribution in [0.3, 0.4) is 0 Å². The molecule has 86 valence electrons. The van der Waals surface area contributed by atoms with Gasteiger partial charge in [0.1, 0.15) is 18.0 Å². The number of nitriles is 1. The van der Waals surface area contributed by atoms with Crippen molar-refractivity contribution in [3.63, 3.8) is 0 Å². The molecule has 5 heteroatoms. The zero-order chi connectivity index (χ0) is 12.1. The molecule has 0 aliphatic rings. The van der Waals surface area contributed by atoms with E-state index in [1.807, 2.05) is 0 Å². The highest BCUT2D eigenvalue weighted by Crippen LogP contribution is 2.20. The lowest BCUT2D eigenvalue weighted by atomic mass is 10.0. The molecular weight excluding hydrogens is 211 g/mol. The first-order valence-corrected chi connectivity index (χ1v) is 4.86. The Balaban J connectivity index is 2.92. The summed E-state index contributed by atoms with van der Waals surface area (Å²) in [6.45, 7) is 0.241. The second-order valence-corrected chi connectivity index (χ2v) is 3.44. The summed E-state index contributed by atoms with van der Waals surface area (Å²) < 4.78 is 13.0. The molecule has 2 atom stereocenters. The van der Waals surface area contributed by atoms with Crippen molar-refractivity contribution in [1.82, 2.24) is 0 Å². The van der Waals surface area contributed by atoms with Gasteiger partial charge in [-0.2, -0.15) is 5.26 Å². The van der Waals surface area contributed by atoms with E-state index < -0.39 is 18.0 Å². The summed E-state index contributed by atoms with van der Waals surface area (Å²) in [6.07, 6.45) is -1.93. The zero-order valence-corrected chi connectivity index (χ0v) is 8.60. The Morgan fingerprint density at radius 3 is 2.69 bits per heavy atom. The van der Waals surface area contributed by atoms with Crippen LogP contribution in [0.25, 0.3) is 0 Å². The molecule has 0 saturated carbocycles. The van der Waals surface area contributed by atoms with Gasteiger partial charge in [0.25, 0.3) is 0 Å². The van der Waals surface area contributed by atoms with Gasteiger partial charge in [-0.1, -0.05) is 6.07 Å². The van der Waals surface area contributed by atoms with Gasteiger partial charge in [-0.25, -0.2) is 4.39 Å². The van der Waals surface area contributed by atoms with E-state index >= 15 is 0 Å². The smallest absolute Gasteiger partial charge is 0.140 e. The van der Waals surface area contributed by atoms with Gasteiger partial charge in [0.05, 0.1) is 11.7 Å². The van der Waals surface area contributed by atoms with Crippen LogP contribution in [-0.4, -0.2) is 22.9 Å². The Morgan fingerprint density at radius 1 is 1.44 bits per heavy atom. The van der Waals surface area contributed by atoms with E-state index in [1.54, 1.807) is 6.07 Å². The fraction of sp³-hybridized carbons (Fsp3) is 0.364. The van der Waals surface area contributed by atoms with Crippen LogP contribution in [0.1, 0.15) is 23.7 Å². The van der Waals surface area contributed by atoms with Crippen molar-refractivity contribution in [3.8, 4) is 6.07 Å². The Bertz CT molecular complexity index is 403. The average Bonchev–Trinajstić information content (AvgIpc) is 2.29. The average molecular weight is 224 g/mol. The van der Waals surface area contributed by atoms with Crippen LogP contribution < -0.4 is 5.73 Å². The number of nitrogens with zero attached hydrogens (tertiary/aromatic N) is 1. The minimum absolute atomic E-state index is 0.156. The number of nitrogens with two attached hydrogens (primary N) is 1. The van der Waals surface area contributed by atoms with Crippen molar-refractivity contribution in [3.05, 3.63) is 35.1 Å². The van der Waals surface area contributed by atoms with Gasteiger partial charge in [-0.05, 0) is 30.7 Å². The Labute approximate surface area is 92.7 Å². The monoisotopic (exact) mass is 224 g/mol. The molecule has 0 saturated heterocycles. The van der Waals surface area contributed by atoms with Crippen LogP contribution in [0.5, 0.6) is 0 Å². The normalized spacial score (nSPS) is 14.2. The summed E-state index contributed by atoms with van der Waals surface area (Å²) in [5.41, 5.74) is 5.39. The summed E-state index contributed by atoms with van der Waals surface area (Å²) in [4.78, 5) is 0. The number of hydrogen-bond acceptors (Lipinski definition) is 4. The number of aliphatic hydroxyl groups excluding tert-OH is 2. The molecule has 16 heavy (non-hydrogen) atoms. The Kier molecular flexibility index (Phi) is 4.38. The van der Waals surface area contributed by atoms with Crippen LogP contribution in [0.2, 0.25) is 0 Å². The summed E-state index contributed by atoms with van der Waals surface area (Å²) in [7, 11) is 0. The molecule has 0 bridgehead atoms. The van der Waals surface area contributed by atoms with E-state index in [1.165, 1.54) is 12.1 Å². The lowest BCUT2D eigenvalue weighted by Crippen LogP contribution is -2.21. The van der Waals surface area contributed by atoms with Gasteiger partial charge < -0.3 is 15.9 Å². The van der Waals surface area contributed by atoms with Crippen molar-refractivity contribution >= 4 is 0 Å². The van der Waals surface area contributed by atoms with Gasteiger partial charge in [0.15, 0.2) is 0 Å². The third kappa shape index (κ3) is 2.76. The van der Waals surface area contributed by atoms with Crippen LogP contribution >= 0.6 is 0 Å². The molecule has 2 unspecified atom stereocenters. The molecule has 4 nitrogen and oxygen atoms in total. The molecule has 0 aromatic heterocycles. The third-order valence-electron chi connectivity index (χ3n) is 2.28. The molecule has 0 aliphatic carbocycles. The van der Waals surface area contributed by atoms with E-state index in [-0.39, 0.29) is 18.5 Å². The van der Waals surface area contributed by atoms with Gasteiger partial charge >= 0.3 is 0 Å². The summed E-state index contributed by atoms with van der Waals surface area (Å²) >= 11 is 0. The lowest BCUT2D eigenvalue weighted by Gasteiger charge is -2.17. The van der Waals surface area contributed by atoms with Crippen LogP contribution in [0, 0.1) is 17.1 Å². The predicted molar refractivity (Wildman–Crippen MR) is 55.8 cm³/mol. The first-order valence-electron chi connectivity index (χ1n) is 4.86. The van der Waals surface area contributed by atoms with Gasteiger partial charge in [0, 0.05) is 0 Å². The van der Waals surface area contributed by atoms with Crippen molar-refractivity contribution in [2.75, 3.05) is 6.54 Å². The molecule has 0 heterocycles. The van der Waals surface area contributed by atoms with Crippen LogP contribution in [0.4, 0.5) is 4.39 Å². The third-order valence-corrected chi connectivity index (χ3v) is 2.28. The second-order valence-electron chi connectivity index (χ2n) is 3.44. The van der Waals surface area contributed by atoms with E-state index in [9.17, 15) is 14.6 Å². The summed E-state index contributed by atoms with van der Waals surface area (Å²) in [6, 6.07) is 5.31. The summed E-state index contributed by atoms with van der Waals surface area (Å²) in [5.74, 6) is -0.647. The minimum Gasteiger partial charge on any atom is -0.390 e. The topological polar surface area (TPSA) is 90.3 Å². The Hall–Kier alpha value is -1.48. The van der Waals surface area contributed by atoms with E-state index in [0.717, 1.165) is 6.07 Å². The van der Waals surface area contributed by atoms with E-state index in [4.69, 9.17) is 11.0 Å². The number of benzene rings is 1. The first kappa shape index (κ1) is 12.6. The highest BCUT2D eigenvalue weighted by atomic mass is 19.1. The molecule has 1 aromatic rings. The fourth-order valence-electron chi connectivity index (χ4n) is 1.36. The maximum absolute atomic E-state index is 13.0. The molecule has 0 fully saturated rings. The highest BCUT2D eigenvalue weighted by molar-refractivity contribution is 5.35. The number of hydrogen-bond donors (Lipinski definition) is 3. The molecule has 0 amide bonds. The molecule has 1 aromatic carbocycles. The number of rotatable bonds is 4. The van der Waals surface area contributed by atoms with E-state index in [0.29, 0.717) is 5.56 Å². The summed E-state index contributed by atoms with van der Waals surface area (Å²) in [5, 5.41) is 27.8. The second kappa shape index (κ2) is 5.56. The highest BCUT2D eigenvalue weighted by Gasteiger charge is 2.18.